The van der Waals surface area contributed by atoms with Crippen LogP contribution in [0.15, 0.2) is 17.2 Å². The minimum absolute atomic E-state index is 0.0594. The summed E-state index contributed by atoms with van der Waals surface area (Å²) in [7, 11) is 0. The van der Waals surface area contributed by atoms with Crippen molar-refractivity contribution >= 4 is 0 Å². The van der Waals surface area contributed by atoms with Gasteiger partial charge in [-0.1, -0.05) is 0 Å². The molecule has 1 rings (SSSR count). The van der Waals surface area contributed by atoms with Crippen molar-refractivity contribution in [3.63, 3.8) is 0 Å². The van der Waals surface area contributed by atoms with Gasteiger partial charge in [0.25, 0.3) is 0 Å². The van der Waals surface area contributed by atoms with Crippen molar-refractivity contribution in [2.24, 2.45) is 0 Å². The molecule has 1 N–H and O–H groups in total. The molecule has 0 saturated carbocycles. The summed E-state index contributed by atoms with van der Waals surface area (Å²) in [4.78, 5) is 11.6. The van der Waals surface area contributed by atoms with Crippen molar-refractivity contribution in [2.45, 2.75) is 39.5 Å². The van der Waals surface area contributed by atoms with E-state index in [4.69, 9.17) is 5.11 Å². The molecule has 4 heteroatoms. The molecule has 13 heavy (non-hydrogen) atoms. The molecule has 1 heterocycles. The second kappa shape index (κ2) is 3.79. The second-order valence-electron chi connectivity index (χ2n) is 3.58. The van der Waals surface area contributed by atoms with E-state index in [1.54, 1.807) is 23.9 Å². The molecule has 0 bridgehead atoms. The van der Waals surface area contributed by atoms with Gasteiger partial charge in [-0.3, -0.25) is 9.13 Å². The number of hydrogen-bond acceptors (Lipinski definition) is 2. The molecule has 0 saturated heterocycles. The van der Waals surface area contributed by atoms with Crippen molar-refractivity contribution in [1.82, 2.24) is 9.13 Å². The van der Waals surface area contributed by atoms with E-state index < -0.39 is 6.10 Å². The Morgan fingerprint density at radius 1 is 1.38 bits per heavy atom. The summed E-state index contributed by atoms with van der Waals surface area (Å²) in [6, 6.07) is 0.169. The molecular formula is C9H16N2O2. The van der Waals surface area contributed by atoms with Gasteiger partial charge < -0.3 is 5.11 Å². The summed E-state index contributed by atoms with van der Waals surface area (Å²) in [6.07, 6.45) is 2.96. The lowest BCUT2D eigenvalue weighted by molar-refractivity contribution is 0.171. The summed E-state index contributed by atoms with van der Waals surface area (Å²) in [5, 5.41) is 9.11. The Morgan fingerprint density at radius 3 is 2.38 bits per heavy atom. The zero-order valence-corrected chi connectivity index (χ0v) is 8.27. The first kappa shape index (κ1) is 10.1. The number of aliphatic hydroxyl groups is 1. The lowest BCUT2D eigenvalue weighted by Gasteiger charge is -2.06. The van der Waals surface area contributed by atoms with Gasteiger partial charge in [-0.05, 0) is 20.8 Å². The van der Waals surface area contributed by atoms with Gasteiger partial charge in [-0.15, -0.1) is 0 Å². The zero-order valence-electron chi connectivity index (χ0n) is 8.27. The fraction of sp³-hybridized carbons (Fsp3) is 0.667. The van der Waals surface area contributed by atoms with Crippen LogP contribution >= 0.6 is 0 Å². The molecular weight excluding hydrogens is 168 g/mol. The number of hydrogen-bond donors (Lipinski definition) is 1. The molecule has 4 nitrogen and oxygen atoms in total. The molecule has 74 valence electrons. The van der Waals surface area contributed by atoms with Crippen LogP contribution in [0.3, 0.4) is 0 Å². The van der Waals surface area contributed by atoms with Crippen LogP contribution in [0.5, 0.6) is 0 Å². The van der Waals surface area contributed by atoms with Crippen LogP contribution in [-0.2, 0) is 6.54 Å². The van der Waals surface area contributed by atoms with E-state index in [9.17, 15) is 4.79 Å². The number of aliphatic hydroxyl groups excluding tert-OH is 1. The molecule has 0 unspecified atom stereocenters. The fourth-order valence-corrected chi connectivity index (χ4v) is 1.24. The maximum absolute atomic E-state index is 11.6. The summed E-state index contributed by atoms with van der Waals surface area (Å²) >= 11 is 0. The van der Waals surface area contributed by atoms with Gasteiger partial charge in [-0.25, -0.2) is 4.79 Å². The lowest BCUT2D eigenvalue weighted by Crippen LogP contribution is -2.28. The first-order valence-corrected chi connectivity index (χ1v) is 4.47. The molecule has 1 aromatic heterocycles. The van der Waals surface area contributed by atoms with Crippen molar-refractivity contribution in [1.29, 1.82) is 0 Å². The Morgan fingerprint density at radius 2 is 2.00 bits per heavy atom. The van der Waals surface area contributed by atoms with Gasteiger partial charge in [0.15, 0.2) is 0 Å². The highest BCUT2D eigenvalue weighted by Gasteiger charge is 2.06. The van der Waals surface area contributed by atoms with Gasteiger partial charge in [0.2, 0.25) is 0 Å². The first-order chi connectivity index (χ1) is 6.02. The number of imidazole rings is 1. The van der Waals surface area contributed by atoms with Gasteiger partial charge in [0, 0.05) is 18.4 Å². The largest absolute Gasteiger partial charge is 0.392 e. The normalized spacial score (nSPS) is 13.6. The molecule has 0 aliphatic carbocycles. The maximum atomic E-state index is 11.6. The van der Waals surface area contributed by atoms with E-state index in [1.807, 2.05) is 13.8 Å². The van der Waals surface area contributed by atoms with Crippen LogP contribution < -0.4 is 5.69 Å². The van der Waals surface area contributed by atoms with E-state index in [0.717, 1.165) is 0 Å². The summed E-state index contributed by atoms with van der Waals surface area (Å²) in [5.74, 6) is 0. The van der Waals surface area contributed by atoms with E-state index in [1.165, 1.54) is 4.57 Å². The molecule has 0 spiro atoms. The number of nitrogens with zero attached hydrogens (tertiary/aromatic N) is 2. The Hall–Kier alpha value is -1.03. The highest BCUT2D eigenvalue weighted by molar-refractivity contribution is 4.84. The van der Waals surface area contributed by atoms with Gasteiger partial charge >= 0.3 is 5.69 Å². The van der Waals surface area contributed by atoms with Crippen LogP contribution in [0.1, 0.15) is 26.8 Å². The van der Waals surface area contributed by atoms with Crippen LogP contribution in [0, 0.1) is 0 Å². The Labute approximate surface area is 77.4 Å². The monoisotopic (exact) mass is 184 g/mol. The fourth-order valence-electron chi connectivity index (χ4n) is 1.24. The van der Waals surface area contributed by atoms with Crippen molar-refractivity contribution < 1.29 is 5.11 Å². The molecule has 1 aromatic rings. The highest BCUT2D eigenvalue weighted by Crippen LogP contribution is 1.99. The summed E-state index contributed by atoms with van der Waals surface area (Å²) < 4.78 is 3.16. The van der Waals surface area contributed by atoms with Crippen molar-refractivity contribution in [3.8, 4) is 0 Å². The predicted octanol–water partition coefficient (Wildman–Crippen LogP) is 0.611. The van der Waals surface area contributed by atoms with E-state index in [2.05, 4.69) is 0 Å². The lowest BCUT2D eigenvalue weighted by atomic mass is 10.4. The van der Waals surface area contributed by atoms with Crippen molar-refractivity contribution in [2.75, 3.05) is 0 Å². The molecule has 0 fully saturated rings. The smallest absolute Gasteiger partial charge is 0.328 e. The van der Waals surface area contributed by atoms with Crippen molar-refractivity contribution in [3.05, 3.63) is 22.9 Å². The van der Waals surface area contributed by atoms with Gasteiger partial charge in [-0.2, -0.15) is 0 Å². The van der Waals surface area contributed by atoms with E-state index >= 15 is 0 Å². The number of aromatic nitrogens is 2. The Kier molecular flexibility index (Phi) is 2.93. The topological polar surface area (TPSA) is 47.2 Å². The molecule has 0 aromatic carbocycles. The first-order valence-electron chi connectivity index (χ1n) is 4.47. The van der Waals surface area contributed by atoms with Crippen LogP contribution in [0.25, 0.3) is 0 Å². The molecule has 0 aliphatic heterocycles. The minimum atomic E-state index is -0.485. The standard InChI is InChI=1S/C9H16N2O2/c1-7(2)11-5-4-10(9(11)13)6-8(3)12/h4-5,7-8,12H,6H2,1-3H3/t8-/m0/s1. The summed E-state index contributed by atoms with van der Waals surface area (Å²) in [6.45, 7) is 5.93. The minimum Gasteiger partial charge on any atom is -0.392 e. The van der Waals surface area contributed by atoms with Crippen LogP contribution in [-0.4, -0.2) is 20.3 Å². The molecule has 0 amide bonds. The maximum Gasteiger partial charge on any atom is 0.328 e. The number of rotatable bonds is 3. The Balaban J connectivity index is 2.94. The highest BCUT2D eigenvalue weighted by atomic mass is 16.3. The van der Waals surface area contributed by atoms with Crippen LogP contribution in [0.4, 0.5) is 0 Å². The van der Waals surface area contributed by atoms with E-state index in [-0.39, 0.29) is 11.7 Å². The SMILES string of the molecule is CC(C)n1ccn(C[C@H](C)O)c1=O. The molecule has 1 atom stereocenters. The molecule has 0 aliphatic rings. The average Bonchev–Trinajstić information content (AvgIpc) is 2.32. The third-order valence-corrected chi connectivity index (χ3v) is 1.89. The van der Waals surface area contributed by atoms with Gasteiger partial charge in [0.1, 0.15) is 0 Å². The zero-order chi connectivity index (χ0) is 10.0. The average molecular weight is 184 g/mol. The molecule has 0 radical (unpaired) electrons. The van der Waals surface area contributed by atoms with Crippen LogP contribution in [0.2, 0.25) is 0 Å². The predicted molar refractivity (Wildman–Crippen MR) is 50.8 cm³/mol. The Bertz CT molecular complexity index is 323. The van der Waals surface area contributed by atoms with E-state index in [0.29, 0.717) is 6.54 Å². The van der Waals surface area contributed by atoms with Gasteiger partial charge in [0.05, 0.1) is 12.6 Å². The quantitative estimate of drug-likeness (QED) is 0.748. The second-order valence-corrected chi connectivity index (χ2v) is 3.58. The summed E-state index contributed by atoms with van der Waals surface area (Å²) in [5.41, 5.74) is -0.0594. The third-order valence-electron chi connectivity index (χ3n) is 1.89. The third kappa shape index (κ3) is 2.21.